The van der Waals surface area contributed by atoms with Gasteiger partial charge in [0, 0.05) is 23.1 Å². The normalized spacial score (nSPS) is 11.2. The van der Waals surface area contributed by atoms with E-state index in [1.54, 1.807) is 13.8 Å². The van der Waals surface area contributed by atoms with Crippen molar-refractivity contribution in [1.29, 1.82) is 0 Å². The lowest BCUT2D eigenvalue weighted by molar-refractivity contribution is 0.0732. The van der Waals surface area contributed by atoms with E-state index in [2.05, 4.69) is 0 Å². The summed E-state index contributed by atoms with van der Waals surface area (Å²) < 4.78 is 63.3. The van der Waals surface area contributed by atoms with Crippen molar-refractivity contribution in [3.05, 3.63) is 99.6 Å². The van der Waals surface area contributed by atoms with Crippen molar-refractivity contribution < 1.29 is 27.1 Å². The first kappa shape index (κ1) is 22.5. The van der Waals surface area contributed by atoms with Gasteiger partial charge in [0.15, 0.2) is 0 Å². The third kappa shape index (κ3) is 4.09. The maximum atomic E-state index is 14.9. The second-order valence-corrected chi connectivity index (χ2v) is 8.16. The van der Waals surface area contributed by atoms with Crippen LogP contribution in [0.2, 0.25) is 0 Å². The van der Waals surface area contributed by atoms with E-state index in [-0.39, 0.29) is 33.2 Å². The van der Waals surface area contributed by atoms with Crippen LogP contribution in [0.25, 0.3) is 21.9 Å². The van der Waals surface area contributed by atoms with Crippen LogP contribution in [0.3, 0.4) is 0 Å². The SMILES string of the molecule is Cc1cc(C)c(C(=O)Oc2cc(F)c(-c3ccc4c(F)c(C)c(F)cc4c3)c(F)c2)c(C)c1. The Bertz CT molecular complexity index is 1390. The van der Waals surface area contributed by atoms with Gasteiger partial charge in [-0.2, -0.15) is 0 Å². The minimum absolute atomic E-state index is 0.100. The first-order valence-corrected chi connectivity index (χ1v) is 10.2. The predicted octanol–water partition coefficient (Wildman–Crippen LogP) is 7.52. The molecule has 0 atom stereocenters. The van der Waals surface area contributed by atoms with Crippen LogP contribution in [0, 0.1) is 51.0 Å². The smallest absolute Gasteiger partial charge is 0.344 e. The fraction of sp³-hybridized carbons (Fsp3) is 0.148. The van der Waals surface area contributed by atoms with Crippen LogP contribution < -0.4 is 4.74 Å². The largest absolute Gasteiger partial charge is 0.423 e. The number of fused-ring (bicyclic) bond motifs is 1. The summed E-state index contributed by atoms with van der Waals surface area (Å²) >= 11 is 0. The highest BCUT2D eigenvalue weighted by molar-refractivity contribution is 5.94. The lowest BCUT2D eigenvalue weighted by Crippen LogP contribution is -2.13. The van der Waals surface area contributed by atoms with Gasteiger partial charge in [-0.3, -0.25) is 0 Å². The summed E-state index contributed by atoms with van der Waals surface area (Å²) in [6.45, 7) is 6.73. The first-order valence-electron chi connectivity index (χ1n) is 10.2. The van der Waals surface area contributed by atoms with Gasteiger partial charge >= 0.3 is 5.97 Å². The average molecular weight is 452 g/mol. The maximum absolute atomic E-state index is 14.9. The van der Waals surface area contributed by atoms with Crippen LogP contribution in [-0.2, 0) is 0 Å². The van der Waals surface area contributed by atoms with Crippen LogP contribution in [0.15, 0.2) is 48.5 Å². The predicted molar refractivity (Wildman–Crippen MR) is 120 cm³/mol. The molecule has 0 bridgehead atoms. The summed E-state index contributed by atoms with van der Waals surface area (Å²) in [5, 5.41) is 0.320. The molecule has 4 rings (SSSR count). The number of ether oxygens (including phenoxy) is 1. The molecule has 168 valence electrons. The van der Waals surface area contributed by atoms with Crippen molar-refractivity contribution in [3.8, 4) is 16.9 Å². The molecule has 0 fully saturated rings. The fourth-order valence-corrected chi connectivity index (χ4v) is 4.13. The zero-order chi connectivity index (χ0) is 24.0. The number of hydrogen-bond donors (Lipinski definition) is 0. The Labute approximate surface area is 188 Å². The van der Waals surface area contributed by atoms with Crippen molar-refractivity contribution >= 4 is 16.7 Å². The number of esters is 1. The molecule has 0 aliphatic heterocycles. The zero-order valence-corrected chi connectivity index (χ0v) is 18.4. The van der Waals surface area contributed by atoms with Crippen molar-refractivity contribution in [2.45, 2.75) is 27.7 Å². The number of rotatable bonds is 3. The van der Waals surface area contributed by atoms with E-state index in [1.165, 1.54) is 25.1 Å². The van der Waals surface area contributed by atoms with E-state index in [0.29, 0.717) is 16.7 Å². The Morgan fingerprint density at radius 3 is 1.97 bits per heavy atom. The third-order valence-electron chi connectivity index (χ3n) is 5.65. The molecule has 2 nitrogen and oxygen atoms in total. The summed E-state index contributed by atoms with van der Waals surface area (Å²) in [5.74, 6) is -4.41. The third-order valence-corrected chi connectivity index (χ3v) is 5.65. The molecule has 0 aromatic heterocycles. The highest BCUT2D eigenvalue weighted by Crippen LogP contribution is 2.34. The van der Waals surface area contributed by atoms with Crippen LogP contribution in [-0.4, -0.2) is 5.97 Å². The minimum atomic E-state index is -0.970. The summed E-state index contributed by atoms with van der Waals surface area (Å²) in [5.41, 5.74) is 2.29. The topological polar surface area (TPSA) is 26.3 Å². The fourth-order valence-electron chi connectivity index (χ4n) is 4.13. The van der Waals surface area contributed by atoms with Gasteiger partial charge < -0.3 is 4.74 Å². The molecule has 4 aromatic carbocycles. The molecule has 0 aliphatic carbocycles. The van der Waals surface area contributed by atoms with Gasteiger partial charge in [0.2, 0.25) is 0 Å². The quantitative estimate of drug-likeness (QED) is 0.183. The second kappa shape index (κ2) is 8.35. The van der Waals surface area contributed by atoms with Gasteiger partial charge in [-0.25, -0.2) is 22.4 Å². The standard InChI is InChI=1S/C27H20F4O2/c1-13-7-14(2)24(15(3)8-13)27(32)33-19-11-22(29)25(23(30)12-19)17-5-6-20-18(9-17)10-21(28)16(4)26(20)31/h5-12H,1-4H3. The summed E-state index contributed by atoms with van der Waals surface area (Å²) in [6.07, 6.45) is 0. The molecular weight excluding hydrogens is 432 g/mol. The highest BCUT2D eigenvalue weighted by atomic mass is 19.1. The summed E-state index contributed by atoms with van der Waals surface area (Å²) in [7, 11) is 0. The molecule has 0 aliphatic rings. The maximum Gasteiger partial charge on any atom is 0.344 e. The van der Waals surface area contributed by atoms with Crippen LogP contribution >= 0.6 is 0 Å². The Hall–Kier alpha value is -3.67. The molecule has 0 N–H and O–H groups in total. The summed E-state index contributed by atoms with van der Waals surface area (Å²) in [4.78, 5) is 12.6. The van der Waals surface area contributed by atoms with Crippen LogP contribution in [0.4, 0.5) is 17.6 Å². The number of benzene rings is 4. The molecule has 6 heteroatoms. The average Bonchev–Trinajstić information content (AvgIpc) is 2.70. The van der Waals surface area contributed by atoms with Gasteiger partial charge in [0.05, 0.1) is 11.1 Å². The number of carbonyl (C=O) groups excluding carboxylic acids is 1. The van der Waals surface area contributed by atoms with Gasteiger partial charge in [-0.05, 0) is 61.9 Å². The van der Waals surface area contributed by atoms with E-state index >= 15 is 0 Å². The molecule has 0 heterocycles. The van der Waals surface area contributed by atoms with Crippen molar-refractivity contribution in [2.24, 2.45) is 0 Å². The highest BCUT2D eigenvalue weighted by Gasteiger charge is 2.20. The molecule has 0 unspecified atom stereocenters. The van der Waals surface area contributed by atoms with E-state index < -0.39 is 29.2 Å². The molecule has 33 heavy (non-hydrogen) atoms. The molecule has 0 saturated carbocycles. The zero-order valence-electron chi connectivity index (χ0n) is 18.4. The monoisotopic (exact) mass is 452 g/mol. The van der Waals surface area contributed by atoms with Gasteiger partial charge in [-0.15, -0.1) is 0 Å². The van der Waals surface area contributed by atoms with Gasteiger partial charge in [-0.1, -0.05) is 29.8 Å². The number of aryl methyl sites for hydroxylation is 3. The lowest BCUT2D eigenvalue weighted by atomic mass is 9.98. The lowest BCUT2D eigenvalue weighted by Gasteiger charge is -2.13. The van der Waals surface area contributed by atoms with Crippen molar-refractivity contribution in [1.82, 2.24) is 0 Å². The number of hydrogen-bond acceptors (Lipinski definition) is 2. The Balaban J connectivity index is 1.71. The molecule has 0 radical (unpaired) electrons. The number of carbonyl (C=O) groups is 1. The van der Waals surface area contributed by atoms with Gasteiger partial charge in [0.1, 0.15) is 29.0 Å². The minimum Gasteiger partial charge on any atom is -0.423 e. The van der Waals surface area contributed by atoms with Crippen molar-refractivity contribution in [3.63, 3.8) is 0 Å². The van der Waals surface area contributed by atoms with Gasteiger partial charge in [0.25, 0.3) is 0 Å². The number of halogens is 4. The van der Waals surface area contributed by atoms with E-state index in [0.717, 1.165) is 23.8 Å². The van der Waals surface area contributed by atoms with E-state index in [4.69, 9.17) is 4.74 Å². The Kier molecular flexibility index (Phi) is 5.70. The first-order chi connectivity index (χ1) is 15.6. The molecule has 0 amide bonds. The molecule has 4 aromatic rings. The second-order valence-electron chi connectivity index (χ2n) is 8.16. The van der Waals surface area contributed by atoms with Crippen LogP contribution in [0.5, 0.6) is 5.75 Å². The molecular formula is C27H20F4O2. The van der Waals surface area contributed by atoms with E-state index in [1.807, 2.05) is 19.1 Å². The molecule has 0 spiro atoms. The van der Waals surface area contributed by atoms with Crippen LogP contribution in [0.1, 0.15) is 32.6 Å². The molecule has 0 saturated heterocycles. The Morgan fingerprint density at radius 1 is 0.758 bits per heavy atom. The van der Waals surface area contributed by atoms with Crippen molar-refractivity contribution in [2.75, 3.05) is 0 Å². The van der Waals surface area contributed by atoms with E-state index in [9.17, 15) is 22.4 Å². The summed E-state index contributed by atoms with van der Waals surface area (Å²) in [6, 6.07) is 10.6. The Morgan fingerprint density at radius 2 is 1.36 bits per heavy atom.